The maximum Gasteiger partial charge on any atom is 0.255 e. The van der Waals surface area contributed by atoms with Gasteiger partial charge in [-0.2, -0.15) is 0 Å². The van der Waals surface area contributed by atoms with Crippen molar-refractivity contribution in [2.75, 3.05) is 13.2 Å². The molecule has 5 nitrogen and oxygen atoms in total. The zero-order valence-corrected chi connectivity index (χ0v) is 16.8. The Balaban J connectivity index is 1.75. The van der Waals surface area contributed by atoms with Crippen LogP contribution in [0.15, 0.2) is 48.5 Å². The maximum absolute atomic E-state index is 13.0. The van der Waals surface area contributed by atoms with Crippen molar-refractivity contribution in [2.24, 2.45) is 0 Å². The van der Waals surface area contributed by atoms with Crippen LogP contribution in [0.4, 0.5) is 0 Å². The lowest BCUT2D eigenvalue weighted by molar-refractivity contribution is -0.125. The van der Waals surface area contributed by atoms with Crippen LogP contribution in [0.2, 0.25) is 0 Å². The molecule has 0 saturated heterocycles. The summed E-state index contributed by atoms with van der Waals surface area (Å²) in [5.74, 6) is -0.237. The first kappa shape index (κ1) is 20.1. The van der Waals surface area contributed by atoms with Gasteiger partial charge in [0.05, 0.1) is 6.10 Å². The lowest BCUT2D eigenvalue weighted by Gasteiger charge is -2.25. The summed E-state index contributed by atoms with van der Waals surface area (Å²) < 4.78 is 5.52. The highest BCUT2D eigenvalue weighted by molar-refractivity contribution is 6.04. The molecule has 3 rings (SSSR count). The van der Waals surface area contributed by atoms with E-state index in [1.165, 1.54) is 0 Å². The molecule has 0 spiro atoms. The number of hydrogen-bond acceptors (Lipinski definition) is 3. The number of nitrogens with zero attached hydrogens (tertiary/aromatic N) is 1. The third kappa shape index (κ3) is 4.42. The summed E-state index contributed by atoms with van der Waals surface area (Å²) in [5, 5.41) is 2.98. The molecule has 1 heterocycles. The zero-order chi connectivity index (χ0) is 20.1. The number of fused-ring (bicyclic) bond motifs is 1. The smallest absolute Gasteiger partial charge is 0.255 e. The normalized spacial score (nSPS) is 15.8. The van der Waals surface area contributed by atoms with Gasteiger partial charge >= 0.3 is 0 Å². The molecular weight excluding hydrogens is 352 g/mol. The average Bonchev–Trinajstić information content (AvgIpc) is 2.95. The number of amides is 2. The average molecular weight is 380 g/mol. The molecule has 1 unspecified atom stereocenters. The molecule has 0 saturated carbocycles. The summed E-state index contributed by atoms with van der Waals surface area (Å²) in [5.41, 5.74) is 3.54. The van der Waals surface area contributed by atoms with Gasteiger partial charge in [-0.15, -0.1) is 0 Å². The molecule has 28 heavy (non-hydrogen) atoms. The van der Waals surface area contributed by atoms with E-state index < -0.39 is 6.04 Å². The first-order valence-electron chi connectivity index (χ1n) is 9.82. The second-order valence-electron chi connectivity index (χ2n) is 7.41. The van der Waals surface area contributed by atoms with Crippen molar-refractivity contribution in [3.05, 3.63) is 70.8 Å². The monoisotopic (exact) mass is 380 g/mol. The van der Waals surface area contributed by atoms with E-state index in [9.17, 15) is 9.59 Å². The topological polar surface area (TPSA) is 58.6 Å². The van der Waals surface area contributed by atoms with Crippen LogP contribution in [0.1, 0.15) is 53.4 Å². The predicted molar refractivity (Wildman–Crippen MR) is 109 cm³/mol. The SMILES string of the molecule is Cc1ccccc1CN1C(=O)c2ccccc2C1C(=O)NCCCOC(C)C. The Morgan fingerprint density at radius 2 is 1.86 bits per heavy atom. The van der Waals surface area contributed by atoms with Gasteiger partial charge in [0.1, 0.15) is 6.04 Å². The minimum Gasteiger partial charge on any atom is -0.379 e. The molecule has 2 aromatic carbocycles. The largest absolute Gasteiger partial charge is 0.379 e. The lowest BCUT2D eigenvalue weighted by atomic mass is 10.0. The van der Waals surface area contributed by atoms with Crippen molar-refractivity contribution in [3.8, 4) is 0 Å². The summed E-state index contributed by atoms with van der Waals surface area (Å²) in [4.78, 5) is 27.7. The third-order valence-electron chi connectivity index (χ3n) is 4.98. The number of hydrogen-bond donors (Lipinski definition) is 1. The van der Waals surface area contributed by atoms with Crippen LogP contribution in [-0.2, 0) is 16.1 Å². The van der Waals surface area contributed by atoms with Crippen LogP contribution >= 0.6 is 0 Å². The Morgan fingerprint density at radius 1 is 1.14 bits per heavy atom. The molecule has 148 valence electrons. The van der Waals surface area contributed by atoms with E-state index in [1.54, 1.807) is 11.0 Å². The highest BCUT2D eigenvalue weighted by atomic mass is 16.5. The second-order valence-corrected chi connectivity index (χ2v) is 7.41. The fraction of sp³-hybridized carbons (Fsp3) is 0.391. The van der Waals surface area contributed by atoms with Gasteiger partial charge in [-0.05, 0) is 49.9 Å². The van der Waals surface area contributed by atoms with E-state index in [0.717, 1.165) is 23.1 Å². The van der Waals surface area contributed by atoms with Crippen LogP contribution in [0.25, 0.3) is 0 Å². The van der Waals surface area contributed by atoms with Gasteiger partial charge in [0, 0.05) is 25.3 Å². The minimum absolute atomic E-state index is 0.0952. The molecule has 2 amide bonds. The molecule has 0 aromatic heterocycles. The van der Waals surface area contributed by atoms with Gasteiger partial charge in [0.15, 0.2) is 0 Å². The lowest BCUT2D eigenvalue weighted by Crippen LogP contribution is -2.39. The fourth-order valence-corrected chi connectivity index (χ4v) is 3.49. The van der Waals surface area contributed by atoms with E-state index in [2.05, 4.69) is 5.32 Å². The Bertz CT molecular complexity index is 847. The fourth-order valence-electron chi connectivity index (χ4n) is 3.49. The van der Waals surface area contributed by atoms with Crippen LogP contribution in [0, 0.1) is 6.92 Å². The van der Waals surface area contributed by atoms with Gasteiger partial charge in [-0.1, -0.05) is 42.5 Å². The molecule has 1 aliphatic rings. The summed E-state index contributed by atoms with van der Waals surface area (Å²) in [6.45, 7) is 7.54. The molecular formula is C23H28N2O3. The van der Waals surface area contributed by atoms with Crippen molar-refractivity contribution < 1.29 is 14.3 Å². The summed E-state index contributed by atoms with van der Waals surface area (Å²) in [7, 11) is 0. The van der Waals surface area contributed by atoms with E-state index in [1.807, 2.05) is 63.2 Å². The Morgan fingerprint density at radius 3 is 2.61 bits per heavy atom. The molecule has 5 heteroatoms. The van der Waals surface area contributed by atoms with E-state index in [0.29, 0.717) is 25.3 Å². The molecule has 1 aliphatic heterocycles. The second kappa shape index (κ2) is 9.02. The molecule has 2 aromatic rings. The van der Waals surface area contributed by atoms with Crippen molar-refractivity contribution in [2.45, 2.75) is 45.9 Å². The number of carbonyl (C=O) groups excluding carboxylic acids is 2. The summed E-state index contributed by atoms with van der Waals surface area (Å²) >= 11 is 0. The van der Waals surface area contributed by atoms with Gasteiger partial charge in [-0.3, -0.25) is 9.59 Å². The Kier molecular flexibility index (Phi) is 6.47. The number of rotatable bonds is 8. The van der Waals surface area contributed by atoms with Crippen molar-refractivity contribution in [3.63, 3.8) is 0 Å². The summed E-state index contributed by atoms with van der Waals surface area (Å²) in [6, 6.07) is 14.7. The predicted octanol–water partition coefficient (Wildman–Crippen LogP) is 3.62. The molecule has 1 atom stereocenters. The van der Waals surface area contributed by atoms with E-state index >= 15 is 0 Å². The van der Waals surface area contributed by atoms with Gasteiger partial charge in [-0.25, -0.2) is 0 Å². The summed E-state index contributed by atoms with van der Waals surface area (Å²) in [6.07, 6.45) is 0.920. The van der Waals surface area contributed by atoms with Crippen LogP contribution in [0.5, 0.6) is 0 Å². The number of aryl methyl sites for hydroxylation is 1. The van der Waals surface area contributed by atoms with Gasteiger partial charge in [0.2, 0.25) is 5.91 Å². The molecule has 1 N–H and O–H groups in total. The molecule has 0 bridgehead atoms. The zero-order valence-electron chi connectivity index (χ0n) is 16.8. The first-order valence-corrected chi connectivity index (χ1v) is 9.82. The molecule has 0 radical (unpaired) electrons. The van der Waals surface area contributed by atoms with Crippen LogP contribution in [0.3, 0.4) is 0 Å². The van der Waals surface area contributed by atoms with Crippen molar-refractivity contribution in [1.82, 2.24) is 10.2 Å². The highest BCUT2D eigenvalue weighted by Crippen LogP contribution is 2.35. The number of ether oxygens (including phenoxy) is 1. The van der Waals surface area contributed by atoms with Gasteiger partial charge in [0.25, 0.3) is 5.91 Å². The van der Waals surface area contributed by atoms with Crippen molar-refractivity contribution in [1.29, 1.82) is 0 Å². The standard InChI is InChI=1S/C23H28N2O3/c1-16(2)28-14-8-13-24-22(26)21-19-11-6-7-12-20(19)23(27)25(21)15-18-10-5-4-9-17(18)3/h4-7,9-12,16,21H,8,13-15H2,1-3H3,(H,24,26). The quantitative estimate of drug-likeness (QED) is 0.712. The van der Waals surface area contributed by atoms with Gasteiger partial charge < -0.3 is 15.0 Å². The highest BCUT2D eigenvalue weighted by Gasteiger charge is 2.40. The van der Waals surface area contributed by atoms with E-state index in [-0.39, 0.29) is 17.9 Å². The van der Waals surface area contributed by atoms with Crippen LogP contribution in [-0.4, -0.2) is 36.0 Å². The Labute approximate surface area is 166 Å². The van der Waals surface area contributed by atoms with Crippen LogP contribution < -0.4 is 5.32 Å². The molecule has 0 aliphatic carbocycles. The number of nitrogens with one attached hydrogen (secondary N) is 1. The van der Waals surface area contributed by atoms with Crippen molar-refractivity contribution >= 4 is 11.8 Å². The maximum atomic E-state index is 13.0. The first-order chi connectivity index (χ1) is 13.5. The Hall–Kier alpha value is -2.66. The number of benzene rings is 2. The number of carbonyl (C=O) groups is 2. The third-order valence-corrected chi connectivity index (χ3v) is 4.98. The minimum atomic E-state index is -0.602. The van der Waals surface area contributed by atoms with E-state index in [4.69, 9.17) is 4.74 Å². The molecule has 0 fully saturated rings.